The van der Waals surface area contributed by atoms with Gasteiger partial charge in [0.1, 0.15) is 6.54 Å². The van der Waals surface area contributed by atoms with Gasteiger partial charge < -0.3 is 15.0 Å². The summed E-state index contributed by atoms with van der Waals surface area (Å²) in [7, 11) is 1.61. The SMILES string of the molecule is COCCCN(CC(=O)Nc1nc(C)c(C)s1)C(=O)C=Cc1ccccc1. The van der Waals surface area contributed by atoms with Gasteiger partial charge in [0, 0.05) is 31.2 Å². The van der Waals surface area contributed by atoms with Crippen LogP contribution in [0.1, 0.15) is 22.6 Å². The number of carbonyl (C=O) groups excluding carboxylic acids is 2. The summed E-state index contributed by atoms with van der Waals surface area (Å²) in [5.74, 6) is -0.473. The van der Waals surface area contributed by atoms with Gasteiger partial charge in [-0.2, -0.15) is 0 Å². The molecule has 2 aromatic rings. The Bertz CT molecular complexity index is 768. The summed E-state index contributed by atoms with van der Waals surface area (Å²) in [5, 5.41) is 3.33. The fraction of sp³-hybridized carbons (Fsp3) is 0.350. The number of carbonyl (C=O) groups is 2. The topological polar surface area (TPSA) is 71.5 Å². The number of amides is 2. The fourth-order valence-electron chi connectivity index (χ4n) is 2.36. The average Bonchev–Trinajstić information content (AvgIpc) is 2.97. The molecule has 0 bridgehead atoms. The maximum absolute atomic E-state index is 12.6. The number of methoxy groups -OCH3 is 1. The largest absolute Gasteiger partial charge is 0.385 e. The molecule has 0 unspecified atom stereocenters. The number of thiazole rings is 1. The molecule has 6 nitrogen and oxygen atoms in total. The highest BCUT2D eigenvalue weighted by Gasteiger charge is 2.16. The van der Waals surface area contributed by atoms with E-state index in [9.17, 15) is 9.59 Å². The average molecular weight is 388 g/mol. The van der Waals surface area contributed by atoms with Gasteiger partial charge in [0.15, 0.2) is 5.13 Å². The highest BCUT2D eigenvalue weighted by Crippen LogP contribution is 2.20. The van der Waals surface area contributed by atoms with E-state index in [1.54, 1.807) is 13.2 Å². The van der Waals surface area contributed by atoms with Gasteiger partial charge in [-0.25, -0.2) is 4.98 Å². The minimum atomic E-state index is -0.261. The molecular formula is C20H25N3O3S. The highest BCUT2D eigenvalue weighted by molar-refractivity contribution is 7.15. The molecule has 1 aromatic carbocycles. The number of hydrogen-bond acceptors (Lipinski definition) is 5. The standard InChI is InChI=1S/C20H25N3O3S/c1-15-16(2)27-20(21-15)22-18(24)14-23(12-7-13-26-3)19(25)11-10-17-8-5-4-6-9-17/h4-6,8-11H,7,12-14H2,1-3H3,(H,21,22,24). The van der Waals surface area contributed by atoms with Crippen molar-refractivity contribution in [3.63, 3.8) is 0 Å². The van der Waals surface area contributed by atoms with Crippen molar-refractivity contribution in [2.45, 2.75) is 20.3 Å². The number of aryl methyl sites for hydroxylation is 2. The van der Waals surface area contributed by atoms with E-state index >= 15 is 0 Å². The second kappa shape index (κ2) is 10.6. The Morgan fingerprint density at radius 3 is 2.63 bits per heavy atom. The first-order valence-electron chi connectivity index (χ1n) is 8.74. The number of nitrogens with one attached hydrogen (secondary N) is 1. The van der Waals surface area contributed by atoms with E-state index in [0.29, 0.717) is 24.7 Å². The van der Waals surface area contributed by atoms with Crippen LogP contribution in [-0.2, 0) is 14.3 Å². The van der Waals surface area contributed by atoms with Gasteiger partial charge in [0.2, 0.25) is 11.8 Å². The van der Waals surface area contributed by atoms with E-state index in [-0.39, 0.29) is 18.4 Å². The molecular weight excluding hydrogens is 362 g/mol. The van der Waals surface area contributed by atoms with E-state index in [1.807, 2.05) is 44.2 Å². The minimum Gasteiger partial charge on any atom is -0.385 e. The molecule has 7 heteroatoms. The van der Waals surface area contributed by atoms with E-state index < -0.39 is 0 Å². The summed E-state index contributed by atoms with van der Waals surface area (Å²) in [6, 6.07) is 9.57. The zero-order valence-electron chi connectivity index (χ0n) is 15.9. The van der Waals surface area contributed by atoms with E-state index in [4.69, 9.17) is 4.74 Å². The molecule has 27 heavy (non-hydrogen) atoms. The van der Waals surface area contributed by atoms with Crippen molar-refractivity contribution in [1.29, 1.82) is 0 Å². The molecule has 0 atom stereocenters. The maximum atomic E-state index is 12.6. The normalized spacial score (nSPS) is 10.9. The lowest BCUT2D eigenvalue weighted by Gasteiger charge is -2.20. The number of aromatic nitrogens is 1. The van der Waals surface area contributed by atoms with Crippen LogP contribution in [0.5, 0.6) is 0 Å². The summed E-state index contributed by atoms with van der Waals surface area (Å²) >= 11 is 1.43. The third-order valence-corrected chi connectivity index (χ3v) is 4.90. The monoisotopic (exact) mass is 387 g/mol. The molecule has 0 saturated heterocycles. The van der Waals surface area contributed by atoms with Crippen LogP contribution in [-0.4, -0.2) is 48.5 Å². The van der Waals surface area contributed by atoms with Crippen LogP contribution >= 0.6 is 11.3 Å². The number of rotatable bonds is 9. The molecule has 0 spiro atoms. The van der Waals surface area contributed by atoms with Gasteiger partial charge in [-0.1, -0.05) is 30.3 Å². The molecule has 0 aliphatic carbocycles. The number of ether oxygens (including phenoxy) is 1. The molecule has 0 aliphatic rings. The van der Waals surface area contributed by atoms with Crippen molar-refractivity contribution < 1.29 is 14.3 Å². The van der Waals surface area contributed by atoms with Crippen LogP contribution in [0, 0.1) is 13.8 Å². The van der Waals surface area contributed by atoms with Gasteiger partial charge in [-0.15, -0.1) is 11.3 Å². The molecule has 144 valence electrons. The second-order valence-corrected chi connectivity index (χ2v) is 7.26. The summed E-state index contributed by atoms with van der Waals surface area (Å²) < 4.78 is 5.05. The third-order valence-electron chi connectivity index (χ3n) is 3.92. The van der Waals surface area contributed by atoms with Crippen LogP contribution in [0.4, 0.5) is 5.13 Å². The molecule has 0 radical (unpaired) electrons. The Kier molecular flexibility index (Phi) is 8.16. The molecule has 0 saturated carbocycles. The Labute approximate surface area is 163 Å². The number of nitrogens with zero attached hydrogens (tertiary/aromatic N) is 2. The predicted octanol–water partition coefficient (Wildman–Crippen LogP) is 3.28. The maximum Gasteiger partial charge on any atom is 0.247 e. The number of benzene rings is 1. The van der Waals surface area contributed by atoms with Crippen molar-refractivity contribution in [3.05, 3.63) is 52.5 Å². The second-order valence-electron chi connectivity index (χ2n) is 6.06. The zero-order valence-corrected chi connectivity index (χ0v) is 16.7. The Balaban J connectivity index is 2.00. The van der Waals surface area contributed by atoms with Crippen molar-refractivity contribution >= 4 is 34.4 Å². The molecule has 0 aliphatic heterocycles. The Morgan fingerprint density at radius 2 is 2.00 bits per heavy atom. The minimum absolute atomic E-state index is 0.0284. The molecule has 1 heterocycles. The molecule has 0 fully saturated rings. The smallest absolute Gasteiger partial charge is 0.247 e. The lowest BCUT2D eigenvalue weighted by molar-refractivity contribution is -0.130. The van der Waals surface area contributed by atoms with E-state index in [1.165, 1.54) is 22.3 Å². The Morgan fingerprint density at radius 1 is 1.26 bits per heavy atom. The van der Waals surface area contributed by atoms with Crippen LogP contribution in [0.2, 0.25) is 0 Å². The highest BCUT2D eigenvalue weighted by atomic mass is 32.1. The first kappa shape index (κ1) is 20.8. The van der Waals surface area contributed by atoms with Gasteiger partial charge in [-0.3, -0.25) is 9.59 Å². The molecule has 1 aromatic heterocycles. The van der Waals surface area contributed by atoms with Gasteiger partial charge in [0.05, 0.1) is 5.69 Å². The summed E-state index contributed by atoms with van der Waals surface area (Å²) in [6.07, 6.45) is 3.90. The van der Waals surface area contributed by atoms with Crippen LogP contribution in [0.15, 0.2) is 36.4 Å². The fourth-order valence-corrected chi connectivity index (χ4v) is 3.19. The summed E-state index contributed by atoms with van der Waals surface area (Å²) in [5.41, 5.74) is 1.83. The Hall–Kier alpha value is -2.51. The van der Waals surface area contributed by atoms with Crippen molar-refractivity contribution in [2.24, 2.45) is 0 Å². The molecule has 2 rings (SSSR count). The number of anilines is 1. The lowest BCUT2D eigenvalue weighted by Crippen LogP contribution is -2.38. The van der Waals surface area contributed by atoms with E-state index in [0.717, 1.165) is 16.1 Å². The van der Waals surface area contributed by atoms with Gasteiger partial charge >= 0.3 is 0 Å². The first-order valence-corrected chi connectivity index (χ1v) is 9.56. The van der Waals surface area contributed by atoms with Gasteiger partial charge in [0.25, 0.3) is 0 Å². The summed E-state index contributed by atoms with van der Waals surface area (Å²) in [4.78, 5) is 31.8. The summed E-state index contributed by atoms with van der Waals surface area (Å²) in [6.45, 7) is 4.79. The predicted molar refractivity (Wildman–Crippen MR) is 109 cm³/mol. The molecule has 2 amide bonds. The first-order chi connectivity index (χ1) is 13.0. The number of hydrogen-bond donors (Lipinski definition) is 1. The quantitative estimate of drug-likeness (QED) is 0.529. The van der Waals surface area contributed by atoms with Crippen molar-refractivity contribution in [2.75, 3.05) is 32.1 Å². The van der Waals surface area contributed by atoms with Crippen LogP contribution in [0.3, 0.4) is 0 Å². The van der Waals surface area contributed by atoms with Crippen molar-refractivity contribution in [3.8, 4) is 0 Å². The van der Waals surface area contributed by atoms with Gasteiger partial charge in [-0.05, 0) is 31.9 Å². The lowest BCUT2D eigenvalue weighted by atomic mass is 10.2. The van der Waals surface area contributed by atoms with Crippen LogP contribution < -0.4 is 5.32 Å². The van der Waals surface area contributed by atoms with Crippen LogP contribution in [0.25, 0.3) is 6.08 Å². The van der Waals surface area contributed by atoms with Crippen molar-refractivity contribution in [1.82, 2.24) is 9.88 Å². The third kappa shape index (κ3) is 6.96. The molecule has 1 N–H and O–H groups in total. The van der Waals surface area contributed by atoms with E-state index in [2.05, 4.69) is 10.3 Å². The zero-order chi connectivity index (χ0) is 19.6.